The van der Waals surface area contributed by atoms with Gasteiger partial charge < -0.3 is 15.1 Å². The van der Waals surface area contributed by atoms with Crippen LogP contribution in [0.4, 0.5) is 5.69 Å². The van der Waals surface area contributed by atoms with Crippen LogP contribution in [0.3, 0.4) is 0 Å². The summed E-state index contributed by atoms with van der Waals surface area (Å²) in [5.41, 5.74) is 1.04. The Morgan fingerprint density at radius 1 is 0.931 bits per heavy atom. The van der Waals surface area contributed by atoms with E-state index in [4.69, 9.17) is 5.26 Å². The number of anilines is 1. The number of hydrogen-bond acceptors (Lipinski definition) is 5. The van der Waals surface area contributed by atoms with Crippen molar-refractivity contribution < 1.29 is 9.59 Å². The van der Waals surface area contributed by atoms with Gasteiger partial charge in [-0.25, -0.2) is 0 Å². The van der Waals surface area contributed by atoms with E-state index in [0.29, 0.717) is 30.8 Å². The number of nitriles is 1. The van der Waals surface area contributed by atoms with Gasteiger partial charge in [-0.1, -0.05) is 25.0 Å². The predicted molar refractivity (Wildman–Crippen MR) is 112 cm³/mol. The standard InChI is InChI=1S/C22H31N5O2/c23-17-19-7-3-4-8-20(19)24-21(28)9-12-25-13-15-26(16-14-25)18-22(29)27-10-5-1-2-6-11-27/h3-4,7-8H,1-2,5-6,9-16,18H2,(H,24,28). The summed E-state index contributed by atoms with van der Waals surface area (Å²) < 4.78 is 0. The summed E-state index contributed by atoms with van der Waals surface area (Å²) in [6.45, 7) is 6.47. The highest BCUT2D eigenvalue weighted by atomic mass is 16.2. The van der Waals surface area contributed by atoms with Crippen LogP contribution in [-0.2, 0) is 9.59 Å². The molecule has 2 aliphatic rings. The molecule has 0 atom stereocenters. The third-order valence-electron chi connectivity index (χ3n) is 5.76. The van der Waals surface area contributed by atoms with Crippen LogP contribution in [0.5, 0.6) is 0 Å². The first-order valence-electron chi connectivity index (χ1n) is 10.7. The number of rotatable bonds is 6. The van der Waals surface area contributed by atoms with Crippen LogP contribution in [-0.4, -0.2) is 78.9 Å². The van der Waals surface area contributed by atoms with Crippen molar-refractivity contribution in [3.63, 3.8) is 0 Å². The average Bonchev–Trinajstić information content (AvgIpc) is 3.03. The van der Waals surface area contributed by atoms with Gasteiger partial charge in [0.1, 0.15) is 6.07 Å². The Bertz CT molecular complexity index is 729. The Kier molecular flexibility index (Phi) is 8.03. The summed E-state index contributed by atoms with van der Waals surface area (Å²) >= 11 is 0. The van der Waals surface area contributed by atoms with Crippen molar-refractivity contribution in [3.8, 4) is 6.07 Å². The molecule has 1 aromatic carbocycles. The number of hydrogen-bond donors (Lipinski definition) is 1. The van der Waals surface area contributed by atoms with E-state index in [1.54, 1.807) is 18.2 Å². The molecule has 2 fully saturated rings. The van der Waals surface area contributed by atoms with E-state index in [1.165, 1.54) is 12.8 Å². The summed E-state index contributed by atoms with van der Waals surface area (Å²) in [7, 11) is 0. The lowest BCUT2D eigenvalue weighted by Gasteiger charge is -2.35. The maximum absolute atomic E-state index is 12.5. The third kappa shape index (κ3) is 6.55. The number of para-hydroxylation sites is 1. The first kappa shape index (κ1) is 21.3. The first-order chi connectivity index (χ1) is 14.2. The fraction of sp³-hybridized carbons (Fsp3) is 0.591. The Morgan fingerprint density at radius 3 is 2.28 bits per heavy atom. The lowest BCUT2D eigenvalue weighted by Crippen LogP contribution is -2.50. The first-order valence-corrected chi connectivity index (χ1v) is 10.7. The van der Waals surface area contributed by atoms with Crippen molar-refractivity contribution >= 4 is 17.5 Å². The normalized spacial score (nSPS) is 18.7. The molecule has 0 saturated carbocycles. The zero-order valence-electron chi connectivity index (χ0n) is 17.1. The maximum atomic E-state index is 12.5. The Balaban J connectivity index is 1.36. The maximum Gasteiger partial charge on any atom is 0.236 e. The van der Waals surface area contributed by atoms with E-state index < -0.39 is 0 Å². The van der Waals surface area contributed by atoms with Gasteiger partial charge in [0.25, 0.3) is 0 Å². The Labute approximate surface area is 173 Å². The van der Waals surface area contributed by atoms with Crippen LogP contribution in [0.2, 0.25) is 0 Å². The van der Waals surface area contributed by atoms with Crippen LogP contribution < -0.4 is 5.32 Å². The minimum absolute atomic E-state index is 0.0773. The molecule has 2 aliphatic heterocycles. The highest BCUT2D eigenvalue weighted by Gasteiger charge is 2.22. The van der Waals surface area contributed by atoms with Gasteiger partial charge >= 0.3 is 0 Å². The SMILES string of the molecule is N#Cc1ccccc1NC(=O)CCN1CCN(CC(=O)N2CCCCCC2)CC1. The molecule has 156 valence electrons. The summed E-state index contributed by atoms with van der Waals surface area (Å²) in [4.78, 5) is 31.3. The minimum Gasteiger partial charge on any atom is -0.342 e. The second-order valence-corrected chi connectivity index (χ2v) is 7.87. The Hall–Kier alpha value is -2.43. The second kappa shape index (κ2) is 10.9. The molecule has 3 rings (SSSR count). The molecule has 7 heteroatoms. The summed E-state index contributed by atoms with van der Waals surface area (Å²) in [5.74, 6) is 0.183. The molecular weight excluding hydrogens is 366 g/mol. The molecule has 0 aromatic heterocycles. The highest BCUT2D eigenvalue weighted by molar-refractivity contribution is 5.92. The topological polar surface area (TPSA) is 79.7 Å². The molecule has 2 saturated heterocycles. The van der Waals surface area contributed by atoms with E-state index in [1.807, 2.05) is 11.0 Å². The smallest absolute Gasteiger partial charge is 0.236 e. The lowest BCUT2D eigenvalue weighted by atomic mass is 10.2. The van der Waals surface area contributed by atoms with E-state index in [-0.39, 0.29) is 11.8 Å². The summed E-state index contributed by atoms with van der Waals surface area (Å²) in [5, 5.41) is 11.9. The monoisotopic (exact) mass is 397 g/mol. The van der Waals surface area contributed by atoms with Crippen molar-refractivity contribution in [2.75, 3.05) is 57.7 Å². The van der Waals surface area contributed by atoms with Gasteiger partial charge in [0.05, 0.1) is 17.8 Å². The highest BCUT2D eigenvalue weighted by Crippen LogP contribution is 2.14. The molecule has 0 bridgehead atoms. The molecular formula is C22H31N5O2. The summed E-state index contributed by atoms with van der Waals surface area (Å²) in [6, 6.07) is 9.13. The van der Waals surface area contributed by atoms with E-state index in [0.717, 1.165) is 52.1 Å². The van der Waals surface area contributed by atoms with Crippen molar-refractivity contribution in [2.45, 2.75) is 32.1 Å². The summed E-state index contributed by atoms with van der Waals surface area (Å²) in [6.07, 6.45) is 5.11. The van der Waals surface area contributed by atoms with Crippen LogP contribution in [0.25, 0.3) is 0 Å². The molecule has 1 aromatic rings. The molecule has 29 heavy (non-hydrogen) atoms. The quantitative estimate of drug-likeness (QED) is 0.793. The molecule has 7 nitrogen and oxygen atoms in total. The predicted octanol–water partition coefficient (Wildman–Crippen LogP) is 1.91. The molecule has 0 spiro atoms. The van der Waals surface area contributed by atoms with Crippen LogP contribution in [0, 0.1) is 11.3 Å². The van der Waals surface area contributed by atoms with Crippen molar-refractivity contribution in [1.82, 2.24) is 14.7 Å². The van der Waals surface area contributed by atoms with Gasteiger partial charge in [0.15, 0.2) is 0 Å². The van der Waals surface area contributed by atoms with E-state index in [9.17, 15) is 9.59 Å². The van der Waals surface area contributed by atoms with Crippen LogP contribution in [0.15, 0.2) is 24.3 Å². The van der Waals surface area contributed by atoms with Crippen molar-refractivity contribution in [1.29, 1.82) is 5.26 Å². The molecule has 0 unspecified atom stereocenters. The third-order valence-corrected chi connectivity index (χ3v) is 5.76. The molecule has 0 radical (unpaired) electrons. The molecule has 0 aliphatic carbocycles. The van der Waals surface area contributed by atoms with Gasteiger partial charge in [0, 0.05) is 52.2 Å². The molecule has 2 amide bonds. The van der Waals surface area contributed by atoms with Gasteiger partial charge in [0.2, 0.25) is 11.8 Å². The number of carbonyl (C=O) groups is 2. The number of carbonyl (C=O) groups excluding carboxylic acids is 2. The number of likely N-dealkylation sites (tertiary alicyclic amines) is 1. The van der Waals surface area contributed by atoms with Gasteiger partial charge in [-0.05, 0) is 25.0 Å². The van der Waals surface area contributed by atoms with Crippen LogP contribution >= 0.6 is 0 Å². The fourth-order valence-corrected chi connectivity index (χ4v) is 3.94. The van der Waals surface area contributed by atoms with Crippen molar-refractivity contribution in [3.05, 3.63) is 29.8 Å². The molecule has 1 N–H and O–H groups in total. The number of benzene rings is 1. The van der Waals surface area contributed by atoms with Gasteiger partial charge in [-0.15, -0.1) is 0 Å². The molecule has 2 heterocycles. The van der Waals surface area contributed by atoms with Gasteiger partial charge in [-0.3, -0.25) is 14.5 Å². The zero-order valence-corrected chi connectivity index (χ0v) is 17.1. The van der Waals surface area contributed by atoms with E-state index in [2.05, 4.69) is 21.2 Å². The number of nitrogens with one attached hydrogen (secondary N) is 1. The lowest BCUT2D eigenvalue weighted by molar-refractivity contribution is -0.132. The van der Waals surface area contributed by atoms with Crippen LogP contribution in [0.1, 0.15) is 37.7 Å². The average molecular weight is 398 g/mol. The van der Waals surface area contributed by atoms with Crippen molar-refractivity contribution in [2.24, 2.45) is 0 Å². The number of piperazine rings is 1. The number of nitrogens with zero attached hydrogens (tertiary/aromatic N) is 4. The minimum atomic E-state index is -0.0773. The largest absolute Gasteiger partial charge is 0.342 e. The van der Waals surface area contributed by atoms with Gasteiger partial charge in [-0.2, -0.15) is 5.26 Å². The Morgan fingerprint density at radius 2 is 1.59 bits per heavy atom. The fourth-order valence-electron chi connectivity index (χ4n) is 3.94. The second-order valence-electron chi connectivity index (χ2n) is 7.87. The zero-order chi connectivity index (χ0) is 20.5. The number of amides is 2. The van der Waals surface area contributed by atoms with E-state index >= 15 is 0 Å².